The molecule has 6 nitrogen and oxygen atoms in total. The zero-order valence-corrected chi connectivity index (χ0v) is 20.2. The first-order valence-corrected chi connectivity index (χ1v) is 12.4. The largest absolute Gasteiger partial charge is 0.482 e. The number of aromatic nitrogens is 1. The number of Topliss-reactive ketones (excluding diaryl/α,β-unsaturated/α-hetero) is 1. The van der Waals surface area contributed by atoms with Crippen LogP contribution in [0.3, 0.4) is 0 Å². The number of nitrogens with one attached hydrogen (secondary N) is 1. The second kappa shape index (κ2) is 9.49. The van der Waals surface area contributed by atoms with Crippen LogP contribution in [0.4, 0.5) is 13.2 Å². The molecule has 0 spiro atoms. The molecule has 3 atom stereocenters. The highest BCUT2D eigenvalue weighted by molar-refractivity contribution is 7.14. The highest BCUT2D eigenvalue weighted by atomic mass is 35.5. The molecule has 5 rings (SSSR count). The van der Waals surface area contributed by atoms with Crippen LogP contribution >= 0.6 is 22.9 Å². The Morgan fingerprint density at radius 2 is 1.97 bits per heavy atom. The normalized spacial score (nSPS) is 21.1. The second-order valence-electron chi connectivity index (χ2n) is 8.73. The first-order valence-electron chi connectivity index (χ1n) is 11.2. The number of carbonyl (C=O) groups excluding carboxylic acids is 1. The van der Waals surface area contributed by atoms with Crippen LogP contribution in [0.1, 0.15) is 55.4 Å². The van der Waals surface area contributed by atoms with E-state index < -0.39 is 36.2 Å². The van der Waals surface area contributed by atoms with Gasteiger partial charge >= 0.3 is 12.1 Å². The summed E-state index contributed by atoms with van der Waals surface area (Å²) >= 11 is 7.66. The van der Waals surface area contributed by atoms with Crippen molar-refractivity contribution in [2.45, 2.75) is 31.0 Å². The van der Waals surface area contributed by atoms with E-state index in [9.17, 15) is 22.8 Å². The van der Waals surface area contributed by atoms with Crippen LogP contribution in [-0.2, 0) is 17.4 Å². The molecule has 2 aromatic carbocycles. The van der Waals surface area contributed by atoms with E-state index in [0.29, 0.717) is 35.7 Å². The van der Waals surface area contributed by atoms with E-state index in [4.69, 9.17) is 21.4 Å². The average molecular weight is 537 g/mol. The Morgan fingerprint density at radius 3 is 2.72 bits per heavy atom. The molecular formula is C25H20ClF3N2O4S. The first kappa shape index (κ1) is 24.7. The summed E-state index contributed by atoms with van der Waals surface area (Å²) in [4.78, 5) is 29.4. The lowest BCUT2D eigenvalue weighted by atomic mass is 9.99. The van der Waals surface area contributed by atoms with Crippen molar-refractivity contribution in [3.05, 3.63) is 79.8 Å². The summed E-state index contributed by atoms with van der Waals surface area (Å²) < 4.78 is 45.6. The summed E-state index contributed by atoms with van der Waals surface area (Å²) in [6.07, 6.45) is -3.53. The smallest absolute Gasteiger partial charge is 0.416 e. The van der Waals surface area contributed by atoms with E-state index in [1.165, 1.54) is 23.5 Å². The van der Waals surface area contributed by atoms with Gasteiger partial charge in [0, 0.05) is 28.8 Å². The number of hydrogen-bond acceptors (Lipinski definition) is 6. The van der Waals surface area contributed by atoms with Crippen LogP contribution in [-0.4, -0.2) is 35.0 Å². The Kier molecular flexibility index (Phi) is 6.52. The molecule has 0 saturated heterocycles. The Hall–Kier alpha value is -2.95. The lowest BCUT2D eigenvalue weighted by Gasteiger charge is -2.24. The predicted molar refractivity (Wildman–Crippen MR) is 127 cm³/mol. The topological polar surface area (TPSA) is 88.5 Å². The van der Waals surface area contributed by atoms with Crippen molar-refractivity contribution in [3.63, 3.8) is 0 Å². The predicted octanol–water partition coefficient (Wildman–Crippen LogP) is 5.50. The van der Waals surface area contributed by atoms with Crippen molar-refractivity contribution in [1.82, 2.24) is 10.3 Å². The molecule has 11 heteroatoms. The first-order chi connectivity index (χ1) is 17.1. The average Bonchev–Trinajstić information content (AvgIpc) is 3.52. The van der Waals surface area contributed by atoms with Gasteiger partial charge in [-0.1, -0.05) is 29.8 Å². The molecule has 2 N–H and O–H groups in total. The van der Waals surface area contributed by atoms with E-state index >= 15 is 0 Å². The van der Waals surface area contributed by atoms with Crippen LogP contribution in [0, 0.1) is 5.92 Å². The van der Waals surface area contributed by atoms with Crippen molar-refractivity contribution in [2.75, 3.05) is 13.2 Å². The molecule has 0 bridgehead atoms. The number of hydrogen-bond donors (Lipinski definition) is 2. The van der Waals surface area contributed by atoms with Gasteiger partial charge in [-0.2, -0.15) is 13.2 Å². The minimum atomic E-state index is -4.48. The molecule has 0 amide bonds. The van der Waals surface area contributed by atoms with E-state index in [1.807, 2.05) is 0 Å². The molecule has 36 heavy (non-hydrogen) atoms. The molecule has 1 fully saturated rings. The number of thiazole rings is 1. The second-order valence-corrected chi connectivity index (χ2v) is 10.2. The van der Waals surface area contributed by atoms with E-state index in [0.717, 1.165) is 16.6 Å². The van der Waals surface area contributed by atoms with Crippen molar-refractivity contribution in [1.29, 1.82) is 0 Å². The Morgan fingerprint density at radius 1 is 1.19 bits per heavy atom. The van der Waals surface area contributed by atoms with Gasteiger partial charge in [0.05, 0.1) is 17.3 Å². The number of ketones is 1. The number of carbonyl (C=O) groups is 2. The van der Waals surface area contributed by atoms with Crippen LogP contribution < -0.4 is 10.1 Å². The van der Waals surface area contributed by atoms with Crippen molar-refractivity contribution in [3.8, 4) is 5.75 Å². The van der Waals surface area contributed by atoms with Crippen molar-refractivity contribution < 1.29 is 32.6 Å². The van der Waals surface area contributed by atoms with Crippen molar-refractivity contribution in [2.24, 2.45) is 5.92 Å². The summed E-state index contributed by atoms with van der Waals surface area (Å²) in [5.41, 5.74) is 0.848. The molecule has 2 aliphatic rings. The van der Waals surface area contributed by atoms with Crippen molar-refractivity contribution >= 4 is 34.7 Å². The zero-order chi connectivity index (χ0) is 25.6. The number of alkyl halides is 3. The standard InChI is InChI=1S/C25H20ClF3N2O4S/c26-18-6-5-12(35-11-20(32)33)9-16(18)21-23-19(7-8-30-21)31-24(36-23)22(34)15-10-14(15)13-3-1-2-4-17(13)25(27,28)29/h1-6,9,14-15,21,30H,7-8,10-11H2,(H,32,33)/t14-,15+,21+/m1/s1. The number of aliphatic carboxylic acids is 1. The minimum Gasteiger partial charge on any atom is -0.482 e. The molecule has 3 aromatic rings. The third kappa shape index (κ3) is 4.85. The van der Waals surface area contributed by atoms with Crippen LogP contribution in [0.5, 0.6) is 5.75 Å². The Balaban J connectivity index is 1.39. The number of halogens is 4. The van der Waals surface area contributed by atoms with Gasteiger partial charge in [-0.05, 0) is 47.7 Å². The quantitative estimate of drug-likeness (QED) is 0.388. The van der Waals surface area contributed by atoms with Gasteiger partial charge in [0.1, 0.15) is 5.75 Å². The Labute approximate surface area is 213 Å². The maximum absolute atomic E-state index is 13.4. The van der Waals surface area contributed by atoms with Crippen LogP contribution in [0.2, 0.25) is 5.02 Å². The molecule has 1 aromatic heterocycles. The van der Waals surface area contributed by atoms with Gasteiger partial charge in [-0.25, -0.2) is 9.78 Å². The van der Waals surface area contributed by atoms with Gasteiger partial charge in [0.2, 0.25) is 0 Å². The van der Waals surface area contributed by atoms with E-state index in [1.54, 1.807) is 24.3 Å². The summed E-state index contributed by atoms with van der Waals surface area (Å²) in [7, 11) is 0. The van der Waals surface area contributed by atoms with Gasteiger partial charge < -0.3 is 15.2 Å². The number of carboxylic acid groups (broad SMARTS) is 1. The highest BCUT2D eigenvalue weighted by Gasteiger charge is 2.49. The SMILES string of the molecule is O=C(O)COc1ccc(Cl)c([C@@H]2NCCc3nc(C(=O)[C@H]4C[C@@H]4c4ccccc4C(F)(F)F)sc32)c1. The van der Waals surface area contributed by atoms with Crippen LogP contribution in [0.15, 0.2) is 42.5 Å². The lowest BCUT2D eigenvalue weighted by Crippen LogP contribution is -2.29. The monoisotopic (exact) mass is 536 g/mol. The maximum atomic E-state index is 13.4. The summed E-state index contributed by atoms with van der Waals surface area (Å²) in [6, 6.07) is 9.86. The molecule has 1 aliphatic heterocycles. The molecule has 188 valence electrons. The number of nitrogens with zero attached hydrogens (tertiary/aromatic N) is 1. The molecule has 2 heterocycles. The summed E-state index contributed by atoms with van der Waals surface area (Å²) in [5, 5.41) is 12.9. The molecule has 0 radical (unpaired) electrons. The molecule has 1 aliphatic carbocycles. The van der Waals surface area contributed by atoms with Gasteiger partial charge in [-0.15, -0.1) is 11.3 Å². The molecular weight excluding hydrogens is 517 g/mol. The van der Waals surface area contributed by atoms with Gasteiger partial charge in [0.15, 0.2) is 17.4 Å². The Bertz CT molecular complexity index is 1340. The maximum Gasteiger partial charge on any atom is 0.416 e. The number of rotatable bonds is 7. The van der Waals surface area contributed by atoms with Gasteiger partial charge in [-0.3, -0.25) is 4.79 Å². The summed E-state index contributed by atoms with van der Waals surface area (Å²) in [5.74, 6) is -2.03. The number of benzene rings is 2. The number of fused-ring (bicyclic) bond motifs is 1. The fourth-order valence-corrected chi connectivity index (χ4v) is 6.03. The lowest BCUT2D eigenvalue weighted by molar-refractivity contribution is -0.139. The highest BCUT2D eigenvalue weighted by Crippen LogP contribution is 2.53. The summed E-state index contributed by atoms with van der Waals surface area (Å²) in [6.45, 7) is 0.0836. The third-order valence-electron chi connectivity index (χ3n) is 6.34. The fraction of sp³-hybridized carbons (Fsp3) is 0.320. The minimum absolute atomic E-state index is 0.147. The number of carboxylic acids is 1. The van der Waals surface area contributed by atoms with E-state index in [-0.39, 0.29) is 22.4 Å². The van der Waals surface area contributed by atoms with Gasteiger partial charge in [0.25, 0.3) is 0 Å². The molecule has 0 unspecified atom stereocenters. The zero-order valence-electron chi connectivity index (χ0n) is 18.6. The van der Waals surface area contributed by atoms with E-state index in [2.05, 4.69) is 10.3 Å². The third-order valence-corrected chi connectivity index (χ3v) is 7.87. The van der Waals surface area contributed by atoms with Crippen LogP contribution in [0.25, 0.3) is 0 Å². The number of ether oxygens (including phenoxy) is 1. The molecule has 1 saturated carbocycles. The fourth-order valence-electron chi connectivity index (χ4n) is 4.60.